The van der Waals surface area contributed by atoms with Gasteiger partial charge in [-0.15, -0.1) is 5.10 Å². The van der Waals surface area contributed by atoms with E-state index in [9.17, 15) is 26.4 Å². The predicted octanol–water partition coefficient (Wildman–Crippen LogP) is 5.29. The molecule has 0 radical (unpaired) electrons. The summed E-state index contributed by atoms with van der Waals surface area (Å²) in [4.78, 5) is 21.9. The summed E-state index contributed by atoms with van der Waals surface area (Å²) in [5.74, 6) is 0.00878. The zero-order valence-electron chi connectivity index (χ0n) is 30.8. The molecule has 17 heteroatoms. The van der Waals surface area contributed by atoms with Gasteiger partial charge in [0.2, 0.25) is 15.9 Å². The van der Waals surface area contributed by atoms with Gasteiger partial charge in [0.05, 0.1) is 22.7 Å². The lowest BCUT2D eigenvalue weighted by Gasteiger charge is -2.42. The first-order valence-corrected chi connectivity index (χ1v) is 20.1. The highest BCUT2D eigenvalue weighted by atomic mass is 32.2. The summed E-state index contributed by atoms with van der Waals surface area (Å²) in [6.45, 7) is 5.00. The number of nitrogens with zero attached hydrogens (tertiary/aromatic N) is 7. The Hall–Kier alpha value is -4.16. The standard InChI is InChI=1S/C32H43F3N4O4S.C6H5N3O.H2O/c33-32(34,35)28-12-1-2-13-29(28)44(41,42)39-20-4-3-10-27(39)11-7-14-30(40)38-21-15-31(16-22-38,26-9-8-17-36-25-26)43-24-23-37-18-5-6-19-37;10-9-6-4-2-1-3-5(6)7-8-9;/h1-2,8-9,12-13,17,25,27H,3-7,10-11,14-16,18-24H2;1-4,10H;1H2. The number of amides is 1. The molecule has 0 bridgehead atoms. The number of piperidine rings is 2. The molecule has 1 atom stereocenters. The van der Waals surface area contributed by atoms with E-state index >= 15 is 0 Å². The van der Waals surface area contributed by atoms with Crippen LogP contribution in [0.25, 0.3) is 11.0 Å². The Morgan fingerprint density at radius 1 is 0.927 bits per heavy atom. The lowest BCUT2D eigenvalue weighted by Crippen LogP contribution is -2.47. The molecular formula is C38H50F3N7O6S. The highest BCUT2D eigenvalue weighted by Gasteiger charge is 2.42. The number of aromatic nitrogens is 4. The monoisotopic (exact) mass is 789 g/mol. The van der Waals surface area contributed by atoms with E-state index in [0.717, 1.165) is 48.6 Å². The van der Waals surface area contributed by atoms with Gasteiger partial charge in [-0.05, 0) is 100 Å². The molecule has 0 saturated carbocycles. The number of halogens is 3. The number of hydrogen-bond acceptors (Lipinski definition) is 9. The Morgan fingerprint density at radius 3 is 2.35 bits per heavy atom. The van der Waals surface area contributed by atoms with Crippen molar-refractivity contribution in [1.29, 1.82) is 0 Å². The van der Waals surface area contributed by atoms with E-state index in [1.165, 1.54) is 29.3 Å². The van der Waals surface area contributed by atoms with Crippen LogP contribution in [0.2, 0.25) is 0 Å². The van der Waals surface area contributed by atoms with E-state index in [-0.39, 0.29) is 24.3 Å². The van der Waals surface area contributed by atoms with E-state index in [0.29, 0.717) is 69.3 Å². The SMILES string of the molecule is O.O=C(CCCC1CCCCN1S(=O)(=O)c1ccccc1C(F)(F)F)N1CCC(OCCN2CCCC2)(c2cccnc2)CC1.On1nnc2ccccc21. The van der Waals surface area contributed by atoms with Crippen LogP contribution >= 0.6 is 0 Å². The molecule has 4 aromatic rings. The maximum Gasteiger partial charge on any atom is 0.417 e. The summed E-state index contributed by atoms with van der Waals surface area (Å²) >= 11 is 0. The second-order valence-electron chi connectivity index (χ2n) is 14.1. The van der Waals surface area contributed by atoms with Gasteiger partial charge >= 0.3 is 6.18 Å². The third kappa shape index (κ3) is 10.2. The number of pyridine rings is 1. The van der Waals surface area contributed by atoms with Crippen LogP contribution < -0.4 is 0 Å². The molecular weight excluding hydrogens is 740 g/mol. The van der Waals surface area contributed by atoms with Gasteiger partial charge in [0.15, 0.2) is 0 Å². The number of fused-ring (bicyclic) bond motifs is 1. The fraction of sp³-hybridized carbons (Fsp3) is 0.526. The third-order valence-electron chi connectivity index (χ3n) is 10.7. The molecule has 0 spiro atoms. The molecule has 13 nitrogen and oxygen atoms in total. The van der Waals surface area contributed by atoms with Gasteiger partial charge in [-0.3, -0.25) is 9.78 Å². The summed E-state index contributed by atoms with van der Waals surface area (Å²) < 4.78 is 75.7. The van der Waals surface area contributed by atoms with Crippen molar-refractivity contribution >= 4 is 27.0 Å². The Labute approximate surface area is 319 Å². The number of carbonyl (C=O) groups is 1. The van der Waals surface area contributed by atoms with Gasteiger partial charge in [0.1, 0.15) is 11.0 Å². The molecule has 1 amide bonds. The minimum atomic E-state index is -4.77. The number of carbonyl (C=O) groups excluding carboxylic acids is 1. The summed E-state index contributed by atoms with van der Waals surface area (Å²) in [6, 6.07) is 15.1. The topological polar surface area (TPSA) is 165 Å². The first kappa shape index (κ1) is 42.0. The number of ether oxygens (including phenoxy) is 1. The maximum absolute atomic E-state index is 13.6. The smallest absolute Gasteiger partial charge is 0.412 e. The van der Waals surface area contributed by atoms with Gasteiger partial charge in [-0.1, -0.05) is 41.6 Å². The van der Waals surface area contributed by atoms with Crippen LogP contribution in [0.5, 0.6) is 0 Å². The fourth-order valence-electron chi connectivity index (χ4n) is 7.78. The summed E-state index contributed by atoms with van der Waals surface area (Å²) in [6.07, 6.45) is 5.71. The van der Waals surface area contributed by atoms with Crippen LogP contribution in [0.4, 0.5) is 13.2 Å². The number of rotatable bonds is 11. The van der Waals surface area contributed by atoms with Crippen LogP contribution in [0.15, 0.2) is 78.0 Å². The minimum absolute atomic E-state index is 0. The van der Waals surface area contributed by atoms with Crippen LogP contribution in [-0.4, -0.2) is 111 Å². The molecule has 3 saturated heterocycles. The van der Waals surface area contributed by atoms with Gasteiger partial charge in [-0.2, -0.15) is 17.5 Å². The average molecular weight is 790 g/mol. The number of benzene rings is 2. The zero-order chi connectivity index (χ0) is 38.2. The summed E-state index contributed by atoms with van der Waals surface area (Å²) in [5.41, 5.74) is 0.715. The van der Waals surface area contributed by atoms with Crippen molar-refractivity contribution in [3.8, 4) is 0 Å². The predicted molar refractivity (Wildman–Crippen MR) is 199 cm³/mol. The lowest BCUT2D eigenvalue weighted by molar-refractivity contribution is -0.141. The van der Waals surface area contributed by atoms with Crippen LogP contribution in [0, 0.1) is 0 Å². The van der Waals surface area contributed by atoms with Crippen molar-refractivity contribution in [3.63, 3.8) is 0 Å². The molecule has 0 aliphatic carbocycles. The average Bonchev–Trinajstić information content (AvgIpc) is 3.85. The van der Waals surface area contributed by atoms with E-state index in [2.05, 4.69) is 20.2 Å². The van der Waals surface area contributed by atoms with Crippen LogP contribution in [0.1, 0.15) is 75.3 Å². The highest BCUT2D eigenvalue weighted by molar-refractivity contribution is 7.89. The normalized spacial score (nSPS) is 19.4. The lowest BCUT2D eigenvalue weighted by atomic mass is 9.84. The van der Waals surface area contributed by atoms with Gasteiger partial charge in [-0.25, -0.2) is 8.42 Å². The molecule has 3 aliphatic heterocycles. The molecule has 3 N–H and O–H groups in total. The summed E-state index contributed by atoms with van der Waals surface area (Å²) in [5, 5.41) is 16.1. The Kier molecular flexibility index (Phi) is 14.2. The second-order valence-corrected chi connectivity index (χ2v) is 16.0. The van der Waals surface area contributed by atoms with E-state index in [1.807, 2.05) is 35.4 Å². The van der Waals surface area contributed by atoms with E-state index in [4.69, 9.17) is 9.94 Å². The number of hydrogen-bond donors (Lipinski definition) is 1. The number of para-hydroxylation sites is 1. The molecule has 3 fully saturated rings. The maximum atomic E-state index is 13.6. The van der Waals surface area contributed by atoms with Crippen molar-refractivity contribution in [2.24, 2.45) is 0 Å². The van der Waals surface area contributed by atoms with Gasteiger partial charge in [0, 0.05) is 56.6 Å². The molecule has 2 aromatic carbocycles. The van der Waals surface area contributed by atoms with Crippen molar-refractivity contribution in [2.45, 2.75) is 86.9 Å². The number of sulfonamides is 1. The van der Waals surface area contributed by atoms with Crippen molar-refractivity contribution < 1.29 is 41.8 Å². The van der Waals surface area contributed by atoms with Crippen molar-refractivity contribution in [3.05, 3.63) is 84.2 Å². The summed E-state index contributed by atoms with van der Waals surface area (Å²) in [7, 11) is -4.35. The highest BCUT2D eigenvalue weighted by Crippen LogP contribution is 2.38. The van der Waals surface area contributed by atoms with Crippen molar-refractivity contribution in [1.82, 2.24) is 34.2 Å². The van der Waals surface area contributed by atoms with Crippen LogP contribution in [0.3, 0.4) is 0 Å². The van der Waals surface area contributed by atoms with Gasteiger partial charge < -0.3 is 25.2 Å². The quantitative estimate of drug-likeness (QED) is 0.199. The molecule has 55 heavy (non-hydrogen) atoms. The Bertz CT molecular complexity index is 1940. The Morgan fingerprint density at radius 2 is 1.64 bits per heavy atom. The molecule has 3 aliphatic rings. The third-order valence-corrected chi connectivity index (χ3v) is 12.7. The second kappa shape index (κ2) is 18.7. The number of likely N-dealkylation sites (tertiary alicyclic amines) is 2. The Balaban J connectivity index is 0.000000453. The molecule has 2 aromatic heterocycles. The molecule has 1 unspecified atom stereocenters. The zero-order valence-corrected chi connectivity index (χ0v) is 31.6. The molecule has 5 heterocycles. The minimum Gasteiger partial charge on any atom is -0.412 e. The molecule has 300 valence electrons. The number of alkyl halides is 3. The molecule has 7 rings (SSSR count). The first-order valence-electron chi connectivity index (χ1n) is 18.7. The fourth-order valence-corrected chi connectivity index (χ4v) is 9.71. The van der Waals surface area contributed by atoms with Crippen LogP contribution in [-0.2, 0) is 31.3 Å². The van der Waals surface area contributed by atoms with Crippen molar-refractivity contribution in [2.75, 3.05) is 45.9 Å². The van der Waals surface area contributed by atoms with Gasteiger partial charge in [0.25, 0.3) is 0 Å². The first-order chi connectivity index (χ1) is 26.0. The largest absolute Gasteiger partial charge is 0.417 e. The van der Waals surface area contributed by atoms with E-state index < -0.39 is 38.3 Å². The van der Waals surface area contributed by atoms with E-state index in [1.54, 1.807) is 18.3 Å².